The lowest BCUT2D eigenvalue weighted by Crippen LogP contribution is -1.97. The lowest BCUT2D eigenvalue weighted by atomic mass is 9.85. The maximum Gasteiger partial charge on any atom is 0.114 e. The van der Waals surface area contributed by atoms with Crippen molar-refractivity contribution in [1.29, 1.82) is 0 Å². The van der Waals surface area contributed by atoms with E-state index in [2.05, 4.69) is 47.4 Å². The molecular weight excluding hydrogens is 258 g/mol. The molecule has 21 heavy (non-hydrogen) atoms. The van der Waals surface area contributed by atoms with Gasteiger partial charge in [0.1, 0.15) is 12.2 Å². The van der Waals surface area contributed by atoms with Crippen LogP contribution in [0.25, 0.3) is 32.4 Å². The van der Waals surface area contributed by atoms with E-state index in [0.29, 0.717) is 0 Å². The van der Waals surface area contributed by atoms with Crippen LogP contribution in [0.3, 0.4) is 0 Å². The van der Waals surface area contributed by atoms with E-state index in [0.717, 1.165) is 5.52 Å². The van der Waals surface area contributed by atoms with Crippen molar-refractivity contribution in [3.63, 3.8) is 0 Å². The summed E-state index contributed by atoms with van der Waals surface area (Å²) in [4.78, 5) is 4.61. The van der Waals surface area contributed by atoms with Gasteiger partial charge in [-0.3, -0.25) is 4.98 Å². The molecule has 0 unspecified atom stereocenters. The third-order valence-electron chi connectivity index (χ3n) is 4.88. The van der Waals surface area contributed by atoms with Crippen molar-refractivity contribution in [3.05, 3.63) is 65.9 Å². The summed E-state index contributed by atoms with van der Waals surface area (Å²) in [6.07, 6.45) is 2.36. The molecule has 0 saturated carbocycles. The van der Waals surface area contributed by atoms with Crippen LogP contribution in [-0.2, 0) is 4.74 Å². The first-order valence-corrected chi connectivity index (χ1v) is 7.30. The van der Waals surface area contributed by atoms with E-state index in [-0.39, 0.29) is 12.2 Å². The number of fused-ring (bicyclic) bond motifs is 5. The molecule has 2 nitrogen and oxygen atoms in total. The minimum atomic E-state index is 0.234. The average Bonchev–Trinajstić information content (AvgIpc) is 3.34. The minimum Gasteiger partial charge on any atom is -0.359 e. The van der Waals surface area contributed by atoms with E-state index >= 15 is 0 Å². The van der Waals surface area contributed by atoms with Crippen LogP contribution >= 0.6 is 0 Å². The maximum absolute atomic E-state index is 5.97. The number of ether oxygens (including phenoxy) is 1. The number of aromatic nitrogens is 1. The molecule has 2 atom stereocenters. The molecule has 0 N–H and O–H groups in total. The van der Waals surface area contributed by atoms with Crippen molar-refractivity contribution in [2.45, 2.75) is 12.2 Å². The van der Waals surface area contributed by atoms with Crippen molar-refractivity contribution in [1.82, 2.24) is 4.98 Å². The summed E-state index contributed by atoms with van der Waals surface area (Å²) < 4.78 is 5.97. The summed E-state index contributed by atoms with van der Waals surface area (Å²) in [5.74, 6) is 0. The van der Waals surface area contributed by atoms with Gasteiger partial charge in [0.2, 0.25) is 0 Å². The minimum absolute atomic E-state index is 0.234. The van der Waals surface area contributed by atoms with Gasteiger partial charge in [0.05, 0.1) is 5.52 Å². The van der Waals surface area contributed by atoms with Gasteiger partial charge >= 0.3 is 0 Å². The third-order valence-corrected chi connectivity index (χ3v) is 4.88. The maximum atomic E-state index is 5.97. The topological polar surface area (TPSA) is 25.4 Å². The van der Waals surface area contributed by atoms with Gasteiger partial charge in [-0.05, 0) is 39.4 Å². The van der Waals surface area contributed by atoms with E-state index < -0.39 is 0 Å². The predicted octanol–water partition coefficient (Wildman–Crippen LogP) is 4.67. The fourth-order valence-corrected chi connectivity index (χ4v) is 3.95. The van der Waals surface area contributed by atoms with Crippen LogP contribution in [0.15, 0.2) is 54.7 Å². The Morgan fingerprint density at radius 3 is 2.71 bits per heavy atom. The van der Waals surface area contributed by atoms with Gasteiger partial charge in [0, 0.05) is 17.0 Å². The second-order valence-electron chi connectivity index (χ2n) is 5.95. The molecule has 2 heteroatoms. The number of epoxide rings is 1. The molecule has 2 aliphatic rings. The van der Waals surface area contributed by atoms with Crippen molar-refractivity contribution >= 4 is 32.4 Å². The molecule has 1 aliphatic carbocycles. The monoisotopic (exact) mass is 269 g/mol. The Morgan fingerprint density at radius 2 is 1.71 bits per heavy atom. The van der Waals surface area contributed by atoms with E-state index in [1.807, 2.05) is 12.3 Å². The summed E-state index contributed by atoms with van der Waals surface area (Å²) >= 11 is 0. The van der Waals surface area contributed by atoms with E-state index in [1.54, 1.807) is 0 Å². The number of hydrogen-bond donors (Lipinski definition) is 0. The van der Waals surface area contributed by atoms with Crippen LogP contribution in [0.1, 0.15) is 23.3 Å². The third kappa shape index (κ3) is 1.12. The van der Waals surface area contributed by atoms with Gasteiger partial charge in [-0.25, -0.2) is 0 Å². The van der Waals surface area contributed by atoms with Crippen molar-refractivity contribution in [3.8, 4) is 0 Å². The van der Waals surface area contributed by atoms with Crippen LogP contribution in [0.2, 0.25) is 0 Å². The average molecular weight is 269 g/mol. The first kappa shape index (κ1) is 10.3. The van der Waals surface area contributed by atoms with Crippen LogP contribution in [0, 0.1) is 0 Å². The highest BCUT2D eigenvalue weighted by Gasteiger charge is 2.46. The van der Waals surface area contributed by atoms with Crippen LogP contribution in [0.4, 0.5) is 0 Å². The van der Waals surface area contributed by atoms with Crippen molar-refractivity contribution in [2.75, 3.05) is 0 Å². The SMILES string of the molecule is c1cnc2c(c1)cc1c3c2ccc2cccc(c23)[C@@H]2O[C@H]12. The summed E-state index contributed by atoms with van der Waals surface area (Å²) in [6.45, 7) is 0. The number of benzene rings is 3. The van der Waals surface area contributed by atoms with E-state index in [1.165, 1.54) is 38.1 Å². The number of pyridine rings is 1. The Balaban J connectivity index is 2.00. The lowest BCUT2D eigenvalue weighted by molar-refractivity contribution is 0.380. The van der Waals surface area contributed by atoms with Gasteiger partial charge in [0.15, 0.2) is 0 Å². The van der Waals surface area contributed by atoms with Gasteiger partial charge < -0.3 is 4.74 Å². The molecular formula is C19H11NO. The fraction of sp³-hybridized carbons (Fsp3) is 0.105. The van der Waals surface area contributed by atoms with Gasteiger partial charge in [-0.15, -0.1) is 0 Å². The molecule has 2 heterocycles. The molecule has 1 fully saturated rings. The van der Waals surface area contributed by atoms with Crippen molar-refractivity contribution in [2.24, 2.45) is 0 Å². The largest absolute Gasteiger partial charge is 0.359 e. The van der Waals surface area contributed by atoms with E-state index in [4.69, 9.17) is 4.74 Å². The summed E-state index contributed by atoms with van der Waals surface area (Å²) in [7, 11) is 0. The first-order valence-electron chi connectivity index (χ1n) is 7.30. The second kappa shape index (κ2) is 3.23. The summed E-state index contributed by atoms with van der Waals surface area (Å²) in [5, 5.41) is 6.44. The Morgan fingerprint density at radius 1 is 0.810 bits per heavy atom. The number of nitrogens with zero attached hydrogens (tertiary/aromatic N) is 1. The molecule has 0 spiro atoms. The highest BCUT2D eigenvalue weighted by Crippen LogP contribution is 2.59. The summed E-state index contributed by atoms with van der Waals surface area (Å²) in [6, 6.07) is 17.4. The van der Waals surface area contributed by atoms with Crippen LogP contribution in [0.5, 0.6) is 0 Å². The Hall–Kier alpha value is -2.45. The molecule has 1 aliphatic heterocycles. The first-order chi connectivity index (χ1) is 10.4. The van der Waals surface area contributed by atoms with Gasteiger partial charge in [-0.1, -0.05) is 36.4 Å². The highest BCUT2D eigenvalue weighted by molar-refractivity contribution is 6.19. The molecule has 3 aromatic carbocycles. The van der Waals surface area contributed by atoms with Crippen LogP contribution in [-0.4, -0.2) is 4.98 Å². The highest BCUT2D eigenvalue weighted by atomic mass is 16.6. The Labute approximate surface area is 121 Å². The number of rotatable bonds is 0. The zero-order valence-electron chi connectivity index (χ0n) is 11.2. The quantitative estimate of drug-likeness (QED) is 0.342. The predicted molar refractivity (Wildman–Crippen MR) is 83.3 cm³/mol. The molecule has 0 amide bonds. The van der Waals surface area contributed by atoms with Crippen molar-refractivity contribution < 1.29 is 4.74 Å². The van der Waals surface area contributed by atoms with Gasteiger partial charge in [-0.2, -0.15) is 0 Å². The standard InChI is InChI=1S/C19H11NO/c1-3-10-6-7-12-16-14(9-11-4-2-8-20-17(11)12)19-18(21-19)13(5-1)15(10)16/h1-9,18-19H/t18-,19+/m0/s1. The lowest BCUT2D eigenvalue weighted by Gasteiger charge is -2.16. The van der Waals surface area contributed by atoms with Gasteiger partial charge in [0.25, 0.3) is 0 Å². The smallest absolute Gasteiger partial charge is 0.114 e. The molecule has 98 valence electrons. The zero-order chi connectivity index (χ0) is 13.6. The molecule has 1 saturated heterocycles. The normalized spacial score (nSPS) is 22.1. The molecule has 0 radical (unpaired) electrons. The fourth-order valence-electron chi connectivity index (χ4n) is 3.95. The molecule has 1 aromatic heterocycles. The second-order valence-corrected chi connectivity index (χ2v) is 5.95. The zero-order valence-corrected chi connectivity index (χ0v) is 11.2. The molecule has 0 bridgehead atoms. The van der Waals surface area contributed by atoms with Crippen LogP contribution < -0.4 is 0 Å². The number of hydrogen-bond acceptors (Lipinski definition) is 2. The molecule has 4 aromatic rings. The Bertz CT molecular complexity index is 1080. The van der Waals surface area contributed by atoms with E-state index in [9.17, 15) is 0 Å². The summed E-state index contributed by atoms with van der Waals surface area (Å²) in [5.41, 5.74) is 3.76. The Kier molecular flexibility index (Phi) is 1.59. The molecule has 6 rings (SSSR count).